The molecule has 0 atom stereocenters. The van der Waals surface area contributed by atoms with E-state index in [2.05, 4.69) is 5.32 Å². The van der Waals surface area contributed by atoms with E-state index < -0.39 is 11.2 Å². The molecule has 2 heterocycles. The maximum Gasteiger partial charge on any atom is 0.337 e. The van der Waals surface area contributed by atoms with Gasteiger partial charge in [-0.05, 0) is 35.4 Å². The Morgan fingerprint density at radius 3 is 2.25 bits per heavy atom. The van der Waals surface area contributed by atoms with Crippen LogP contribution in [0.3, 0.4) is 0 Å². The number of ether oxygens (including phenoxy) is 1. The summed E-state index contributed by atoms with van der Waals surface area (Å²) >= 11 is 1.27. The first-order chi connectivity index (χ1) is 17.6. The topological polar surface area (TPSA) is 82.3 Å². The van der Waals surface area contributed by atoms with Crippen molar-refractivity contribution in [3.8, 4) is 22.6 Å². The molecular formula is C28H23N3O4S. The number of carbonyl (C=O) groups excluding carboxylic acids is 1. The summed E-state index contributed by atoms with van der Waals surface area (Å²) in [6.07, 6.45) is 0. The van der Waals surface area contributed by atoms with E-state index in [1.807, 2.05) is 66.0 Å². The summed E-state index contributed by atoms with van der Waals surface area (Å²) in [5.41, 5.74) is 1.93. The van der Waals surface area contributed by atoms with Crippen LogP contribution in [-0.4, -0.2) is 22.2 Å². The number of thiophene rings is 1. The third-order valence-electron chi connectivity index (χ3n) is 5.91. The Hall–Kier alpha value is -4.43. The monoisotopic (exact) mass is 497 g/mol. The minimum absolute atomic E-state index is 0.210. The molecule has 0 aliphatic heterocycles. The van der Waals surface area contributed by atoms with Crippen LogP contribution in [0.5, 0.6) is 5.75 Å². The van der Waals surface area contributed by atoms with Crippen molar-refractivity contribution in [1.82, 2.24) is 14.5 Å². The van der Waals surface area contributed by atoms with E-state index in [1.54, 1.807) is 31.4 Å². The number of para-hydroxylation sites is 1. The van der Waals surface area contributed by atoms with Crippen molar-refractivity contribution in [2.24, 2.45) is 0 Å². The van der Waals surface area contributed by atoms with Crippen molar-refractivity contribution in [1.29, 1.82) is 0 Å². The van der Waals surface area contributed by atoms with Crippen molar-refractivity contribution in [2.75, 3.05) is 7.11 Å². The second-order valence-corrected chi connectivity index (χ2v) is 9.02. The fourth-order valence-electron chi connectivity index (χ4n) is 4.08. The summed E-state index contributed by atoms with van der Waals surface area (Å²) in [7, 11) is 1.59. The Balaban J connectivity index is 1.63. The van der Waals surface area contributed by atoms with Gasteiger partial charge < -0.3 is 10.1 Å². The number of hydrogen-bond acceptors (Lipinski definition) is 5. The Bertz CT molecular complexity index is 1640. The van der Waals surface area contributed by atoms with Gasteiger partial charge in [0.1, 0.15) is 17.1 Å². The highest BCUT2D eigenvalue weighted by atomic mass is 32.1. The molecule has 180 valence electrons. The van der Waals surface area contributed by atoms with E-state index in [1.165, 1.54) is 15.9 Å². The van der Waals surface area contributed by atoms with Crippen molar-refractivity contribution < 1.29 is 9.53 Å². The SMILES string of the molecule is COc1ccc(-c2csc3c2c(=O)n(-c2ccccc2)c(=O)n3CC(=O)NCc2ccccc2)cc1. The summed E-state index contributed by atoms with van der Waals surface area (Å²) in [6, 6.07) is 25.7. The number of carbonyl (C=O) groups is 1. The van der Waals surface area contributed by atoms with Crippen LogP contribution in [0.4, 0.5) is 0 Å². The van der Waals surface area contributed by atoms with Gasteiger partial charge in [-0.3, -0.25) is 14.2 Å². The first-order valence-corrected chi connectivity index (χ1v) is 12.2. The van der Waals surface area contributed by atoms with Crippen LogP contribution >= 0.6 is 11.3 Å². The molecule has 36 heavy (non-hydrogen) atoms. The first kappa shape index (κ1) is 23.3. The Kier molecular flexibility index (Phi) is 6.51. The lowest BCUT2D eigenvalue weighted by atomic mass is 10.1. The fourth-order valence-corrected chi connectivity index (χ4v) is 5.15. The predicted octanol–water partition coefficient (Wildman–Crippen LogP) is 4.21. The Morgan fingerprint density at radius 2 is 1.58 bits per heavy atom. The molecule has 1 amide bonds. The lowest BCUT2D eigenvalue weighted by molar-refractivity contribution is -0.121. The third-order valence-corrected chi connectivity index (χ3v) is 6.91. The van der Waals surface area contributed by atoms with E-state index in [0.29, 0.717) is 33.8 Å². The number of fused-ring (bicyclic) bond motifs is 1. The number of nitrogens with one attached hydrogen (secondary N) is 1. The molecule has 3 aromatic carbocycles. The molecule has 7 nitrogen and oxygen atoms in total. The lowest BCUT2D eigenvalue weighted by Gasteiger charge is -2.13. The summed E-state index contributed by atoms with van der Waals surface area (Å²) in [5, 5.41) is 5.11. The zero-order chi connectivity index (χ0) is 25.1. The quantitative estimate of drug-likeness (QED) is 0.365. The molecule has 0 saturated heterocycles. The number of methoxy groups -OCH3 is 1. The normalized spacial score (nSPS) is 10.9. The van der Waals surface area contributed by atoms with Gasteiger partial charge in [0.05, 0.1) is 18.2 Å². The largest absolute Gasteiger partial charge is 0.497 e. The second-order valence-electron chi connectivity index (χ2n) is 8.17. The third kappa shape index (κ3) is 4.46. The number of benzene rings is 3. The molecule has 1 N–H and O–H groups in total. The highest BCUT2D eigenvalue weighted by molar-refractivity contribution is 7.17. The van der Waals surface area contributed by atoms with E-state index in [9.17, 15) is 14.4 Å². The molecule has 5 rings (SSSR count). The van der Waals surface area contributed by atoms with Crippen molar-refractivity contribution in [3.63, 3.8) is 0 Å². The second kappa shape index (κ2) is 10.1. The Morgan fingerprint density at radius 1 is 0.917 bits per heavy atom. The maximum atomic E-state index is 13.7. The lowest BCUT2D eigenvalue weighted by Crippen LogP contribution is -2.41. The number of aromatic nitrogens is 2. The number of rotatable bonds is 7. The van der Waals surface area contributed by atoms with Crippen LogP contribution in [0.15, 0.2) is 99.9 Å². The number of amides is 1. The summed E-state index contributed by atoms with van der Waals surface area (Å²) in [6.45, 7) is 0.134. The van der Waals surface area contributed by atoms with Crippen LogP contribution in [0, 0.1) is 0 Å². The molecule has 2 aromatic heterocycles. The number of hydrogen-bond donors (Lipinski definition) is 1. The average molecular weight is 498 g/mol. The summed E-state index contributed by atoms with van der Waals surface area (Å²) in [4.78, 5) is 40.6. The maximum absolute atomic E-state index is 13.7. The molecule has 0 unspecified atom stereocenters. The summed E-state index contributed by atoms with van der Waals surface area (Å²) in [5.74, 6) is 0.381. The number of nitrogens with zero attached hydrogens (tertiary/aromatic N) is 2. The van der Waals surface area contributed by atoms with Gasteiger partial charge in [0, 0.05) is 17.5 Å². The highest BCUT2D eigenvalue weighted by Crippen LogP contribution is 2.32. The van der Waals surface area contributed by atoms with Gasteiger partial charge in [-0.25, -0.2) is 9.36 Å². The van der Waals surface area contributed by atoms with Crippen molar-refractivity contribution >= 4 is 27.5 Å². The van der Waals surface area contributed by atoms with E-state index >= 15 is 0 Å². The Labute approximate surface area is 210 Å². The fraction of sp³-hybridized carbons (Fsp3) is 0.107. The molecule has 0 aliphatic rings. The molecule has 5 aromatic rings. The van der Waals surface area contributed by atoms with Gasteiger partial charge >= 0.3 is 5.69 Å². The van der Waals surface area contributed by atoms with Crippen LogP contribution in [-0.2, 0) is 17.9 Å². The minimum Gasteiger partial charge on any atom is -0.497 e. The van der Waals surface area contributed by atoms with E-state index in [0.717, 1.165) is 15.7 Å². The van der Waals surface area contributed by atoms with Gasteiger partial charge in [-0.1, -0.05) is 60.7 Å². The zero-order valence-electron chi connectivity index (χ0n) is 19.5. The van der Waals surface area contributed by atoms with Crippen LogP contribution in [0.25, 0.3) is 27.0 Å². The van der Waals surface area contributed by atoms with Crippen LogP contribution in [0.1, 0.15) is 5.56 Å². The van der Waals surface area contributed by atoms with Gasteiger partial charge in [0.25, 0.3) is 5.56 Å². The van der Waals surface area contributed by atoms with Crippen LogP contribution < -0.4 is 21.3 Å². The first-order valence-electron chi connectivity index (χ1n) is 11.3. The van der Waals surface area contributed by atoms with Crippen molar-refractivity contribution in [2.45, 2.75) is 13.1 Å². The molecule has 0 radical (unpaired) electrons. The van der Waals surface area contributed by atoms with E-state index in [-0.39, 0.29) is 12.5 Å². The zero-order valence-corrected chi connectivity index (χ0v) is 20.3. The highest BCUT2D eigenvalue weighted by Gasteiger charge is 2.21. The molecule has 0 spiro atoms. The van der Waals surface area contributed by atoms with Crippen LogP contribution in [0.2, 0.25) is 0 Å². The smallest absolute Gasteiger partial charge is 0.337 e. The van der Waals surface area contributed by atoms with Gasteiger partial charge in [-0.15, -0.1) is 11.3 Å². The molecule has 0 saturated carbocycles. The molecule has 0 aliphatic carbocycles. The predicted molar refractivity (Wildman–Crippen MR) is 142 cm³/mol. The van der Waals surface area contributed by atoms with Gasteiger partial charge in [-0.2, -0.15) is 0 Å². The minimum atomic E-state index is -0.559. The molecule has 0 bridgehead atoms. The van der Waals surface area contributed by atoms with Gasteiger partial charge in [0.15, 0.2) is 0 Å². The molecule has 0 fully saturated rings. The standard InChI is InChI=1S/C28H23N3O4S/c1-35-22-14-12-20(13-15-22)23-18-36-27-25(23)26(33)31(21-10-6-3-7-11-21)28(34)30(27)17-24(32)29-16-19-8-4-2-5-9-19/h2-15,18H,16-17H2,1H3,(H,29,32). The average Bonchev–Trinajstić information content (AvgIpc) is 3.37. The molecular weight excluding hydrogens is 474 g/mol. The van der Waals surface area contributed by atoms with E-state index in [4.69, 9.17) is 4.74 Å². The molecule has 8 heteroatoms. The van der Waals surface area contributed by atoms with Crippen molar-refractivity contribution in [3.05, 3.63) is 117 Å². The summed E-state index contributed by atoms with van der Waals surface area (Å²) < 4.78 is 7.76. The van der Waals surface area contributed by atoms with Gasteiger partial charge in [0.2, 0.25) is 5.91 Å².